The minimum Gasteiger partial charge on any atom is -0.0654 e. The van der Waals surface area contributed by atoms with Crippen LogP contribution in [-0.2, 0) is 0 Å². The van der Waals surface area contributed by atoms with Crippen LogP contribution in [0.5, 0.6) is 0 Å². The third kappa shape index (κ3) is 14.7. The highest BCUT2D eigenvalue weighted by Gasteiger charge is 2.29. The van der Waals surface area contributed by atoms with Crippen LogP contribution < -0.4 is 0 Å². The van der Waals surface area contributed by atoms with E-state index in [1.54, 1.807) is 0 Å². The molecule has 5 atom stereocenters. The van der Waals surface area contributed by atoms with Gasteiger partial charge in [-0.1, -0.05) is 128 Å². The first kappa shape index (κ1) is 31.0. The molecule has 0 spiro atoms. The van der Waals surface area contributed by atoms with E-state index in [0.29, 0.717) is 10.8 Å². The molecule has 0 radical (unpaired) electrons. The van der Waals surface area contributed by atoms with E-state index in [0.717, 1.165) is 29.6 Å². The van der Waals surface area contributed by atoms with Crippen molar-refractivity contribution in [3.8, 4) is 0 Å². The highest BCUT2D eigenvalue weighted by Crippen LogP contribution is 2.39. The average Bonchev–Trinajstić information content (AvgIpc) is 2.64. The van der Waals surface area contributed by atoms with Crippen LogP contribution in [0.15, 0.2) is 0 Å². The topological polar surface area (TPSA) is 0 Å². The van der Waals surface area contributed by atoms with Crippen molar-refractivity contribution in [3.63, 3.8) is 0 Å². The van der Waals surface area contributed by atoms with E-state index >= 15 is 0 Å². The molecular formula is C31H64. The van der Waals surface area contributed by atoms with Crippen LogP contribution in [0.4, 0.5) is 0 Å². The van der Waals surface area contributed by atoms with Crippen molar-refractivity contribution in [2.45, 2.75) is 160 Å². The predicted molar refractivity (Wildman–Crippen MR) is 145 cm³/mol. The molecule has 31 heavy (non-hydrogen) atoms. The Hall–Kier alpha value is 0. The smallest absolute Gasteiger partial charge is 0.0354 e. The summed E-state index contributed by atoms with van der Waals surface area (Å²) in [5.41, 5.74) is 0.980. The van der Waals surface area contributed by atoms with Gasteiger partial charge in [0.15, 0.2) is 0 Å². The second-order valence-corrected chi connectivity index (χ2v) is 13.4. The van der Waals surface area contributed by atoms with Crippen molar-refractivity contribution in [2.75, 3.05) is 0 Å². The normalized spacial score (nSPS) is 17.9. The van der Waals surface area contributed by atoms with Crippen LogP contribution in [-0.4, -0.2) is 0 Å². The monoisotopic (exact) mass is 437 g/mol. The summed E-state index contributed by atoms with van der Waals surface area (Å²) in [5.74, 6) is 4.40. The molecule has 0 aliphatic carbocycles. The molecule has 0 aliphatic heterocycles. The fraction of sp³-hybridized carbons (Fsp3) is 1.00. The molecule has 0 aromatic carbocycles. The maximum atomic E-state index is 2.54. The lowest BCUT2D eigenvalue weighted by molar-refractivity contribution is 0.137. The van der Waals surface area contributed by atoms with Gasteiger partial charge in [0.1, 0.15) is 0 Å². The Morgan fingerprint density at radius 1 is 0.613 bits per heavy atom. The molecule has 0 bridgehead atoms. The quantitative estimate of drug-likeness (QED) is 0.187. The van der Waals surface area contributed by atoms with Crippen LogP contribution in [0.3, 0.4) is 0 Å². The van der Waals surface area contributed by atoms with E-state index in [9.17, 15) is 0 Å². The number of hydrogen-bond donors (Lipinski definition) is 0. The summed E-state index contributed by atoms with van der Waals surface area (Å²) in [6.07, 6.45) is 18.3. The summed E-state index contributed by atoms with van der Waals surface area (Å²) in [6.45, 7) is 27.0. The van der Waals surface area contributed by atoms with Gasteiger partial charge in [-0.3, -0.25) is 0 Å². The SMILES string of the molecule is CCCCCC(C)(C)CCCC(C)CC(C)CC(CCC)CC(CC)C(C)C(C)(C)C. The van der Waals surface area contributed by atoms with E-state index in [2.05, 4.69) is 76.2 Å². The van der Waals surface area contributed by atoms with Crippen LogP contribution in [0.2, 0.25) is 0 Å². The lowest BCUT2D eigenvalue weighted by Crippen LogP contribution is -2.27. The lowest BCUT2D eigenvalue weighted by Gasteiger charge is -2.36. The Labute approximate surface area is 200 Å². The summed E-state index contributed by atoms with van der Waals surface area (Å²) in [4.78, 5) is 0. The van der Waals surface area contributed by atoms with Crippen molar-refractivity contribution >= 4 is 0 Å². The van der Waals surface area contributed by atoms with Gasteiger partial charge in [0.05, 0.1) is 0 Å². The van der Waals surface area contributed by atoms with Crippen LogP contribution >= 0.6 is 0 Å². The molecule has 0 aromatic rings. The minimum absolute atomic E-state index is 0.432. The molecule has 5 unspecified atom stereocenters. The minimum atomic E-state index is 0.432. The van der Waals surface area contributed by atoms with Gasteiger partial charge < -0.3 is 0 Å². The molecule has 0 amide bonds. The average molecular weight is 437 g/mol. The summed E-state index contributed by atoms with van der Waals surface area (Å²) >= 11 is 0. The fourth-order valence-corrected chi connectivity index (χ4v) is 5.98. The summed E-state index contributed by atoms with van der Waals surface area (Å²) < 4.78 is 0. The standard InChI is InChI=1S/C31H64/c1-12-15-16-20-31(10,11)21-17-19-25(4)22-26(5)23-28(18-13-2)24-29(14-3)27(6)30(7,8)9/h25-29H,12-24H2,1-11H3. The zero-order valence-electron chi connectivity index (χ0n) is 24.1. The number of rotatable bonds is 18. The molecular weight excluding hydrogens is 372 g/mol. The first-order valence-corrected chi connectivity index (χ1v) is 14.4. The van der Waals surface area contributed by atoms with Crippen molar-refractivity contribution in [3.05, 3.63) is 0 Å². The van der Waals surface area contributed by atoms with E-state index in [-0.39, 0.29) is 0 Å². The molecule has 0 rings (SSSR count). The van der Waals surface area contributed by atoms with E-state index in [1.165, 1.54) is 83.5 Å². The van der Waals surface area contributed by atoms with Gasteiger partial charge in [0.25, 0.3) is 0 Å². The first-order valence-electron chi connectivity index (χ1n) is 14.4. The number of unbranched alkanes of at least 4 members (excludes halogenated alkanes) is 2. The molecule has 0 nitrogen and oxygen atoms in total. The van der Waals surface area contributed by atoms with Crippen LogP contribution in [0, 0.1) is 40.4 Å². The highest BCUT2D eigenvalue weighted by molar-refractivity contribution is 4.79. The molecule has 0 saturated carbocycles. The zero-order valence-corrected chi connectivity index (χ0v) is 24.1. The maximum Gasteiger partial charge on any atom is -0.0354 e. The van der Waals surface area contributed by atoms with Crippen molar-refractivity contribution in [1.82, 2.24) is 0 Å². The second kappa shape index (κ2) is 15.8. The van der Waals surface area contributed by atoms with Gasteiger partial charge in [-0.15, -0.1) is 0 Å². The third-order valence-electron chi connectivity index (χ3n) is 8.48. The van der Waals surface area contributed by atoms with E-state index in [4.69, 9.17) is 0 Å². The van der Waals surface area contributed by atoms with E-state index < -0.39 is 0 Å². The van der Waals surface area contributed by atoms with Gasteiger partial charge in [0, 0.05) is 0 Å². The van der Waals surface area contributed by atoms with Gasteiger partial charge >= 0.3 is 0 Å². The van der Waals surface area contributed by atoms with Crippen LogP contribution in [0.25, 0.3) is 0 Å². The molecule has 188 valence electrons. The predicted octanol–water partition coefficient (Wildman–Crippen LogP) is 11.3. The largest absolute Gasteiger partial charge is 0.0654 e. The first-order chi connectivity index (χ1) is 14.4. The Bertz CT molecular complexity index is 412. The molecule has 0 aliphatic rings. The fourth-order valence-electron chi connectivity index (χ4n) is 5.98. The van der Waals surface area contributed by atoms with Crippen molar-refractivity contribution in [1.29, 1.82) is 0 Å². The Balaban J connectivity index is 4.51. The summed E-state index contributed by atoms with van der Waals surface area (Å²) in [6, 6.07) is 0. The molecule has 0 heteroatoms. The van der Waals surface area contributed by atoms with Crippen molar-refractivity contribution in [2.24, 2.45) is 40.4 Å². The third-order valence-corrected chi connectivity index (χ3v) is 8.48. The van der Waals surface area contributed by atoms with Gasteiger partial charge in [-0.05, 0) is 72.5 Å². The molecule has 0 N–H and O–H groups in total. The number of hydrogen-bond acceptors (Lipinski definition) is 0. The molecule has 0 heterocycles. The second-order valence-electron chi connectivity index (χ2n) is 13.4. The van der Waals surface area contributed by atoms with Gasteiger partial charge in [-0.25, -0.2) is 0 Å². The highest BCUT2D eigenvalue weighted by atomic mass is 14.3. The lowest BCUT2D eigenvalue weighted by atomic mass is 9.69. The van der Waals surface area contributed by atoms with Crippen LogP contribution in [0.1, 0.15) is 160 Å². The summed E-state index contributed by atoms with van der Waals surface area (Å²) in [5, 5.41) is 0. The molecule has 0 aromatic heterocycles. The zero-order chi connectivity index (χ0) is 24.1. The Morgan fingerprint density at radius 2 is 1.23 bits per heavy atom. The summed E-state index contributed by atoms with van der Waals surface area (Å²) in [7, 11) is 0. The van der Waals surface area contributed by atoms with Crippen molar-refractivity contribution < 1.29 is 0 Å². The van der Waals surface area contributed by atoms with Gasteiger partial charge in [-0.2, -0.15) is 0 Å². The molecule has 0 fully saturated rings. The van der Waals surface area contributed by atoms with Gasteiger partial charge in [0.2, 0.25) is 0 Å². The van der Waals surface area contributed by atoms with E-state index in [1.807, 2.05) is 0 Å². The molecule has 0 saturated heterocycles. The maximum absolute atomic E-state index is 2.54. The Kier molecular flexibility index (Phi) is 15.8. The Morgan fingerprint density at radius 3 is 1.74 bits per heavy atom.